The first-order chi connectivity index (χ1) is 49.2. The van der Waals surface area contributed by atoms with E-state index in [9.17, 15) is 43.5 Å². The van der Waals surface area contributed by atoms with Crippen molar-refractivity contribution in [2.24, 2.45) is 0 Å². The van der Waals surface area contributed by atoms with E-state index in [-0.39, 0.29) is 19.3 Å². The number of phosphoric acid groups is 2. The number of phosphoric ester groups is 2. The van der Waals surface area contributed by atoms with Gasteiger partial charge in [0.25, 0.3) is 0 Å². The van der Waals surface area contributed by atoms with Gasteiger partial charge in [-0.3, -0.25) is 32.5 Å². The highest BCUT2D eigenvalue weighted by Gasteiger charge is 2.29. The molecular formula is C83H136O16P2. The fourth-order valence-electron chi connectivity index (χ4n) is 9.67. The molecule has 0 aliphatic rings. The van der Waals surface area contributed by atoms with Gasteiger partial charge in [-0.05, 0) is 148 Å². The Bertz CT molecular complexity index is 2520. The highest BCUT2D eigenvalue weighted by molar-refractivity contribution is 7.47. The van der Waals surface area contributed by atoms with Crippen LogP contribution in [0.4, 0.5) is 0 Å². The van der Waals surface area contributed by atoms with Crippen molar-refractivity contribution in [1.82, 2.24) is 0 Å². The molecule has 16 nitrogen and oxygen atoms in total. The normalized spacial score (nSPS) is 15.0. The van der Waals surface area contributed by atoms with E-state index in [1.165, 1.54) is 19.3 Å². The Hall–Kier alpha value is -5.09. The van der Waals surface area contributed by atoms with Gasteiger partial charge in [0.1, 0.15) is 25.4 Å². The minimum atomic E-state index is -4.95. The Kier molecular flexibility index (Phi) is 70.9. The number of aliphatic hydroxyl groups is 2. The first kappa shape index (κ1) is 95.9. The molecule has 0 aromatic carbocycles. The van der Waals surface area contributed by atoms with Crippen molar-refractivity contribution in [1.29, 1.82) is 0 Å². The average molecular weight is 1450 g/mol. The Morgan fingerprint density at radius 2 is 0.495 bits per heavy atom. The highest BCUT2D eigenvalue weighted by atomic mass is 31.2. The molecule has 574 valence electrons. The number of carbonyl (C=O) groups is 3. The smallest absolute Gasteiger partial charge is 0.463 e. The number of ether oxygens (including phenoxy) is 3. The molecule has 101 heavy (non-hydrogen) atoms. The Morgan fingerprint density at radius 1 is 0.277 bits per heavy atom. The number of aliphatic hydroxyl groups excluding tert-OH is 2. The Morgan fingerprint density at radius 3 is 0.782 bits per heavy atom. The van der Waals surface area contributed by atoms with Crippen molar-refractivity contribution in [2.75, 3.05) is 39.6 Å². The van der Waals surface area contributed by atoms with Crippen molar-refractivity contribution in [3.05, 3.63) is 170 Å². The van der Waals surface area contributed by atoms with E-state index in [0.29, 0.717) is 19.3 Å². The summed E-state index contributed by atoms with van der Waals surface area (Å²) in [6.45, 7) is 2.28. The third kappa shape index (κ3) is 75.9. The summed E-state index contributed by atoms with van der Waals surface area (Å²) in [5.74, 6) is -1.62. The van der Waals surface area contributed by atoms with Crippen LogP contribution in [0.1, 0.15) is 278 Å². The molecule has 0 saturated heterocycles. The molecule has 5 atom stereocenters. The third-order valence-corrected chi connectivity index (χ3v) is 17.3. The van der Waals surface area contributed by atoms with E-state index < -0.39 is 91.5 Å². The van der Waals surface area contributed by atoms with Crippen molar-refractivity contribution >= 4 is 33.6 Å². The fraction of sp³-hybridized carbons (Fsp3) is 0.627. The number of rotatable bonds is 71. The summed E-state index contributed by atoms with van der Waals surface area (Å²) >= 11 is 0. The van der Waals surface area contributed by atoms with Crippen LogP contribution in [0, 0.1) is 0 Å². The number of hydrogen-bond acceptors (Lipinski definition) is 14. The van der Waals surface area contributed by atoms with Crippen LogP contribution in [0.25, 0.3) is 0 Å². The molecule has 18 heteroatoms. The molecule has 0 radical (unpaired) electrons. The molecule has 0 saturated carbocycles. The van der Waals surface area contributed by atoms with E-state index in [0.717, 1.165) is 199 Å². The van der Waals surface area contributed by atoms with Gasteiger partial charge < -0.3 is 34.2 Å². The lowest BCUT2D eigenvalue weighted by molar-refractivity contribution is -0.161. The Labute approximate surface area is 612 Å². The molecule has 0 fully saturated rings. The first-order valence-corrected chi connectivity index (χ1v) is 41.4. The van der Waals surface area contributed by atoms with E-state index >= 15 is 0 Å². The van der Waals surface area contributed by atoms with Crippen molar-refractivity contribution in [2.45, 2.75) is 296 Å². The summed E-state index contributed by atoms with van der Waals surface area (Å²) in [7, 11) is -9.81. The topological polar surface area (TPSA) is 231 Å². The lowest BCUT2D eigenvalue weighted by Crippen LogP contribution is -2.30. The van der Waals surface area contributed by atoms with Crippen LogP contribution in [0.15, 0.2) is 170 Å². The minimum absolute atomic E-state index is 0.0789. The van der Waals surface area contributed by atoms with Gasteiger partial charge in [0.2, 0.25) is 0 Å². The van der Waals surface area contributed by atoms with Crippen LogP contribution in [0.2, 0.25) is 0 Å². The van der Waals surface area contributed by atoms with Gasteiger partial charge in [-0.2, -0.15) is 0 Å². The van der Waals surface area contributed by atoms with Crippen molar-refractivity contribution in [3.63, 3.8) is 0 Å². The van der Waals surface area contributed by atoms with Gasteiger partial charge in [-0.1, -0.05) is 281 Å². The first-order valence-electron chi connectivity index (χ1n) is 38.4. The molecule has 0 aromatic heterocycles. The van der Waals surface area contributed by atoms with Crippen LogP contribution < -0.4 is 0 Å². The number of carbonyl (C=O) groups excluding carboxylic acids is 3. The van der Waals surface area contributed by atoms with E-state index in [1.54, 1.807) is 0 Å². The number of unbranched alkanes of at least 4 members (excludes halogenated alkanes) is 20. The molecule has 0 aliphatic heterocycles. The molecule has 0 aromatic rings. The predicted molar refractivity (Wildman–Crippen MR) is 417 cm³/mol. The monoisotopic (exact) mass is 1450 g/mol. The summed E-state index contributed by atoms with van der Waals surface area (Å²) in [5.41, 5.74) is 0. The fourth-order valence-corrected chi connectivity index (χ4v) is 11.3. The molecule has 4 N–H and O–H groups in total. The molecule has 0 bridgehead atoms. The summed E-state index contributed by atoms with van der Waals surface area (Å²) in [6, 6.07) is 0. The van der Waals surface area contributed by atoms with Gasteiger partial charge in [0.15, 0.2) is 6.10 Å². The average Bonchev–Trinajstić information content (AvgIpc) is 3.19. The molecule has 0 spiro atoms. The number of hydrogen-bond donors (Lipinski definition) is 4. The lowest BCUT2D eigenvalue weighted by Gasteiger charge is -2.21. The van der Waals surface area contributed by atoms with E-state index in [1.807, 2.05) is 0 Å². The quantitative estimate of drug-likeness (QED) is 0.0146. The maximum atomic E-state index is 13.0. The maximum absolute atomic E-state index is 13.0. The highest BCUT2D eigenvalue weighted by Crippen LogP contribution is 2.45. The van der Waals surface area contributed by atoms with E-state index in [2.05, 4.69) is 191 Å². The van der Waals surface area contributed by atoms with Gasteiger partial charge in [0, 0.05) is 19.3 Å². The molecular weight excluding hydrogens is 1310 g/mol. The molecule has 0 heterocycles. The second-order valence-corrected chi connectivity index (χ2v) is 27.9. The second kappa shape index (κ2) is 74.6. The van der Waals surface area contributed by atoms with E-state index in [4.69, 9.17) is 32.3 Å². The summed E-state index contributed by atoms with van der Waals surface area (Å²) < 4.78 is 61.1. The summed E-state index contributed by atoms with van der Waals surface area (Å²) in [5, 5.41) is 20.6. The van der Waals surface area contributed by atoms with Crippen molar-refractivity contribution < 1.29 is 75.8 Å². The zero-order valence-corrected chi connectivity index (χ0v) is 64.3. The number of allylic oxidation sites excluding steroid dienone is 28. The van der Waals surface area contributed by atoms with Gasteiger partial charge in [-0.15, -0.1) is 0 Å². The standard InChI is InChI=1S/C83H136O16P2/c1-4-7-10-13-16-19-22-25-28-31-34-35-36-37-38-39-40-41-44-46-48-51-54-57-60-63-66-69-81(86)93-72-78(84)73-95-100(89,90)96-74-79(85)75-97-101(91,92)98-77-80(99-83(88)71-68-65-62-59-56-53-50-47-43-33-30-27-24-21-18-15-12-9-6-3)76-94-82(87)70-67-64-61-58-55-52-49-45-42-32-29-26-23-20-17-14-11-8-5-2/h7-12,16-21,25-30,34-35,37-38,40-43,45,47,78-80,84-85H,4-6,13-15,22-24,31-33,36,39,44,46,48-77H2,1-3H3,(H,89,90)(H,91,92)/b10-7-,11-8-,12-9-,19-16-,20-17-,21-18-,28-25-,29-26-,30-27-,35-34-,38-37-,41-40-,45-42-,47-43-. The largest absolute Gasteiger partial charge is 0.472 e. The van der Waals surface area contributed by atoms with Gasteiger partial charge in [-0.25, -0.2) is 9.13 Å². The molecule has 0 amide bonds. The van der Waals surface area contributed by atoms with Crippen LogP contribution in [0.3, 0.4) is 0 Å². The SMILES string of the molecule is CC/C=C\C/C=C\C/C=C\C/C=C\C/C=C\C/C=C\CCCCCCCCCCC(=O)OCC(O)COP(=O)(O)OCC(O)COP(=O)(O)OCC(COC(=O)CCCCCCCC/C=C\C/C=C\C/C=C\C/C=C\CC)OC(=O)CCCCCCCC/C=C\C/C=C\C/C=C\C/C=C\CC. The number of esters is 3. The zero-order valence-electron chi connectivity index (χ0n) is 62.5. The third-order valence-electron chi connectivity index (χ3n) is 15.4. The molecule has 5 unspecified atom stereocenters. The van der Waals surface area contributed by atoms with Gasteiger partial charge >= 0.3 is 33.6 Å². The second-order valence-electron chi connectivity index (χ2n) is 25.0. The molecule has 0 aliphatic carbocycles. The predicted octanol–water partition coefficient (Wildman–Crippen LogP) is 22.4. The summed E-state index contributed by atoms with van der Waals surface area (Å²) in [4.78, 5) is 58.7. The summed E-state index contributed by atoms with van der Waals surface area (Å²) in [6.07, 6.45) is 93.9. The van der Waals surface area contributed by atoms with Crippen LogP contribution in [-0.4, -0.2) is 95.9 Å². The zero-order chi connectivity index (χ0) is 73.7. The lowest BCUT2D eigenvalue weighted by atomic mass is 10.1. The minimum Gasteiger partial charge on any atom is -0.463 e. The van der Waals surface area contributed by atoms with Gasteiger partial charge in [0.05, 0.1) is 26.4 Å². The van der Waals surface area contributed by atoms with Crippen LogP contribution in [-0.2, 0) is 55.8 Å². The Balaban J connectivity index is 4.66. The maximum Gasteiger partial charge on any atom is 0.472 e. The van der Waals surface area contributed by atoms with Crippen LogP contribution >= 0.6 is 15.6 Å². The molecule has 0 rings (SSSR count). The van der Waals surface area contributed by atoms with Crippen LogP contribution in [0.5, 0.6) is 0 Å². The van der Waals surface area contributed by atoms with Crippen molar-refractivity contribution in [3.8, 4) is 0 Å².